The Bertz CT molecular complexity index is 1030. The molecule has 3 N–H and O–H groups in total. The van der Waals surface area contributed by atoms with Crippen LogP contribution in [0.1, 0.15) is 22.3 Å². The first kappa shape index (κ1) is 22.7. The van der Waals surface area contributed by atoms with E-state index in [1.54, 1.807) is 0 Å². The van der Waals surface area contributed by atoms with Crippen LogP contribution in [0, 0.1) is 0 Å². The fraction of sp³-hybridized carbons (Fsp3) is 0.333. The van der Waals surface area contributed by atoms with Crippen molar-refractivity contribution in [3.8, 4) is 0 Å². The maximum absolute atomic E-state index is 13.0. The van der Waals surface area contributed by atoms with E-state index >= 15 is 0 Å². The van der Waals surface area contributed by atoms with E-state index in [9.17, 15) is 23.1 Å². The summed E-state index contributed by atoms with van der Waals surface area (Å²) in [5, 5.41) is 14.6. The van der Waals surface area contributed by atoms with Gasteiger partial charge in [-0.3, -0.25) is 9.59 Å². The summed E-state index contributed by atoms with van der Waals surface area (Å²) in [7, 11) is -4.10. The van der Waals surface area contributed by atoms with Gasteiger partial charge in [0, 0.05) is 25.2 Å². The number of nitrogens with one attached hydrogen (secondary N) is 2. The molecule has 3 rings (SSSR count). The Labute approximate surface area is 180 Å². The van der Waals surface area contributed by atoms with Crippen molar-refractivity contribution in [1.29, 1.82) is 0 Å². The van der Waals surface area contributed by atoms with Crippen molar-refractivity contribution in [3.05, 3.63) is 66.4 Å². The molecule has 0 aliphatic carbocycles. The quantitative estimate of drug-likeness (QED) is 0.485. The zero-order valence-electron chi connectivity index (χ0n) is 16.9. The number of nitrogens with zero attached hydrogens (tertiary/aromatic N) is 1. The van der Waals surface area contributed by atoms with Gasteiger partial charge >= 0.3 is 0 Å². The Morgan fingerprint density at radius 3 is 2.71 bits per heavy atom. The van der Waals surface area contributed by atoms with Crippen LogP contribution in [0.3, 0.4) is 0 Å². The van der Waals surface area contributed by atoms with Gasteiger partial charge in [-0.1, -0.05) is 36.9 Å². The predicted molar refractivity (Wildman–Crippen MR) is 113 cm³/mol. The topological polar surface area (TPSA) is 129 Å². The number of carbonyl (C=O) groups is 2. The van der Waals surface area contributed by atoms with Crippen LogP contribution in [0.4, 0.5) is 0 Å². The SMILES string of the molecule is C=CC(=O)NC1CC(CO)N(S(=O)(=O)c2cc(C(=O)NCCc3ccccc3)co2)C1. The molecule has 0 radical (unpaired) electrons. The molecule has 10 heteroatoms. The van der Waals surface area contributed by atoms with Crippen molar-refractivity contribution in [2.75, 3.05) is 19.7 Å². The molecule has 1 aromatic carbocycles. The van der Waals surface area contributed by atoms with Gasteiger partial charge in [-0.05, 0) is 24.5 Å². The number of aliphatic hydroxyl groups excluding tert-OH is 1. The lowest BCUT2D eigenvalue weighted by Gasteiger charge is -2.20. The number of aliphatic hydroxyl groups is 1. The molecule has 0 saturated carbocycles. The van der Waals surface area contributed by atoms with Crippen molar-refractivity contribution in [3.63, 3.8) is 0 Å². The Hall–Kier alpha value is -2.95. The Morgan fingerprint density at radius 1 is 1.29 bits per heavy atom. The molecule has 2 heterocycles. The van der Waals surface area contributed by atoms with E-state index in [0.717, 1.165) is 28.3 Å². The first-order valence-electron chi connectivity index (χ1n) is 9.81. The molecule has 1 saturated heterocycles. The maximum atomic E-state index is 13.0. The lowest BCUT2D eigenvalue weighted by atomic mass is 10.1. The monoisotopic (exact) mass is 447 g/mol. The number of rotatable bonds is 9. The number of carbonyl (C=O) groups excluding carboxylic acids is 2. The Morgan fingerprint density at radius 2 is 2.03 bits per heavy atom. The van der Waals surface area contributed by atoms with Crippen LogP contribution in [-0.4, -0.2) is 61.4 Å². The van der Waals surface area contributed by atoms with E-state index in [2.05, 4.69) is 17.2 Å². The van der Waals surface area contributed by atoms with Crippen molar-refractivity contribution in [2.24, 2.45) is 0 Å². The Kier molecular flexibility index (Phi) is 7.26. The minimum absolute atomic E-state index is 0.0214. The summed E-state index contributed by atoms with van der Waals surface area (Å²) in [6.45, 7) is 3.33. The highest BCUT2D eigenvalue weighted by Crippen LogP contribution is 2.27. The normalized spacial score (nSPS) is 19.1. The fourth-order valence-corrected chi connectivity index (χ4v) is 5.06. The van der Waals surface area contributed by atoms with E-state index in [-0.39, 0.29) is 18.5 Å². The number of furan rings is 1. The van der Waals surface area contributed by atoms with Crippen molar-refractivity contribution < 1.29 is 27.5 Å². The molecule has 0 spiro atoms. The smallest absolute Gasteiger partial charge is 0.276 e. The van der Waals surface area contributed by atoms with Gasteiger partial charge < -0.3 is 20.2 Å². The number of benzene rings is 1. The largest absolute Gasteiger partial charge is 0.451 e. The summed E-state index contributed by atoms with van der Waals surface area (Å²) in [4.78, 5) is 23.9. The van der Waals surface area contributed by atoms with Gasteiger partial charge in [-0.2, -0.15) is 4.31 Å². The van der Waals surface area contributed by atoms with Crippen molar-refractivity contribution in [2.45, 2.75) is 30.0 Å². The summed E-state index contributed by atoms with van der Waals surface area (Å²) in [5.41, 5.74) is 1.16. The van der Waals surface area contributed by atoms with E-state index in [1.807, 2.05) is 30.3 Å². The summed E-state index contributed by atoms with van der Waals surface area (Å²) in [5.74, 6) is -0.870. The molecule has 2 amide bonds. The summed E-state index contributed by atoms with van der Waals surface area (Å²) >= 11 is 0. The molecule has 1 aromatic heterocycles. The van der Waals surface area contributed by atoms with Crippen LogP contribution >= 0.6 is 0 Å². The number of sulfonamides is 1. The van der Waals surface area contributed by atoms with Crippen LogP contribution in [-0.2, 0) is 21.2 Å². The van der Waals surface area contributed by atoms with Gasteiger partial charge in [0.15, 0.2) is 0 Å². The van der Waals surface area contributed by atoms with Crippen LogP contribution in [0.25, 0.3) is 0 Å². The highest BCUT2D eigenvalue weighted by Gasteiger charge is 2.41. The molecule has 1 aliphatic rings. The molecule has 9 nitrogen and oxygen atoms in total. The van der Waals surface area contributed by atoms with Gasteiger partial charge in [-0.15, -0.1) is 0 Å². The first-order chi connectivity index (χ1) is 14.8. The third-order valence-electron chi connectivity index (χ3n) is 5.05. The number of amides is 2. The molecule has 2 aromatic rings. The minimum atomic E-state index is -4.10. The fourth-order valence-electron chi connectivity index (χ4n) is 3.47. The molecule has 0 bridgehead atoms. The average Bonchev–Trinajstić information content (AvgIpc) is 3.42. The minimum Gasteiger partial charge on any atom is -0.451 e. The summed E-state index contributed by atoms with van der Waals surface area (Å²) in [6, 6.07) is 9.62. The van der Waals surface area contributed by atoms with Crippen molar-refractivity contribution in [1.82, 2.24) is 14.9 Å². The zero-order chi connectivity index (χ0) is 22.4. The number of hydrogen-bond donors (Lipinski definition) is 3. The highest BCUT2D eigenvalue weighted by atomic mass is 32.2. The molecular weight excluding hydrogens is 422 g/mol. The third kappa shape index (κ3) is 5.40. The molecule has 166 valence electrons. The second-order valence-corrected chi connectivity index (χ2v) is 9.02. The van der Waals surface area contributed by atoms with Gasteiger partial charge in [0.05, 0.1) is 18.2 Å². The second-order valence-electron chi connectivity index (χ2n) is 7.20. The lowest BCUT2D eigenvalue weighted by molar-refractivity contribution is -0.117. The van der Waals surface area contributed by atoms with E-state index in [0.29, 0.717) is 13.0 Å². The van der Waals surface area contributed by atoms with Gasteiger partial charge in [0.2, 0.25) is 11.0 Å². The van der Waals surface area contributed by atoms with Gasteiger partial charge in [0.25, 0.3) is 15.9 Å². The summed E-state index contributed by atoms with van der Waals surface area (Å²) < 4.78 is 32.3. The maximum Gasteiger partial charge on any atom is 0.276 e. The van der Waals surface area contributed by atoms with E-state index in [4.69, 9.17) is 4.42 Å². The van der Waals surface area contributed by atoms with Crippen molar-refractivity contribution >= 4 is 21.8 Å². The van der Waals surface area contributed by atoms with Crippen LogP contribution in [0.5, 0.6) is 0 Å². The Balaban J connectivity index is 1.65. The van der Waals surface area contributed by atoms with Crippen LogP contribution in [0.2, 0.25) is 0 Å². The lowest BCUT2D eigenvalue weighted by Crippen LogP contribution is -2.39. The highest BCUT2D eigenvalue weighted by molar-refractivity contribution is 7.89. The molecule has 2 unspecified atom stereocenters. The second kappa shape index (κ2) is 9.90. The predicted octanol–water partition coefficient (Wildman–Crippen LogP) is 0.678. The molecule has 2 atom stereocenters. The molecule has 1 aliphatic heterocycles. The van der Waals surface area contributed by atoms with Crippen LogP contribution in [0.15, 0.2) is 64.8 Å². The zero-order valence-corrected chi connectivity index (χ0v) is 17.7. The number of hydrogen-bond acceptors (Lipinski definition) is 6. The average molecular weight is 448 g/mol. The molecule has 1 fully saturated rings. The first-order valence-corrected chi connectivity index (χ1v) is 11.3. The van der Waals surface area contributed by atoms with Gasteiger partial charge in [-0.25, -0.2) is 8.42 Å². The molecular formula is C21H25N3O6S. The van der Waals surface area contributed by atoms with Gasteiger partial charge in [0.1, 0.15) is 6.26 Å². The summed E-state index contributed by atoms with van der Waals surface area (Å²) in [6.07, 6.45) is 3.08. The van der Waals surface area contributed by atoms with Crippen LogP contribution < -0.4 is 10.6 Å². The van der Waals surface area contributed by atoms with E-state index in [1.165, 1.54) is 0 Å². The third-order valence-corrected chi connectivity index (χ3v) is 6.84. The van der Waals surface area contributed by atoms with E-state index < -0.39 is 45.6 Å². The molecule has 31 heavy (non-hydrogen) atoms. The standard InChI is InChI=1S/C21H25N3O6S/c1-2-19(26)23-17-11-18(13-25)24(12-17)31(28,29)20-10-16(14-30-20)21(27)22-9-8-15-6-4-3-5-7-15/h2-7,10,14,17-18,25H,1,8-9,11-13H2,(H,22,27)(H,23,26).